The Bertz CT molecular complexity index is 1590. The summed E-state index contributed by atoms with van der Waals surface area (Å²) < 4.78 is 32.7. The average molecular weight is 548 g/mol. The number of amides is 1. The van der Waals surface area contributed by atoms with E-state index in [0.29, 0.717) is 37.3 Å². The van der Waals surface area contributed by atoms with Gasteiger partial charge in [-0.25, -0.2) is 27.2 Å². The molecular formula is C28H29N5O5S. The van der Waals surface area contributed by atoms with Gasteiger partial charge in [-0.05, 0) is 43.5 Å². The summed E-state index contributed by atoms with van der Waals surface area (Å²) in [7, 11) is -3.83. The van der Waals surface area contributed by atoms with E-state index in [1.807, 2.05) is 37.3 Å². The lowest BCUT2D eigenvalue weighted by Gasteiger charge is -2.31. The van der Waals surface area contributed by atoms with Crippen molar-refractivity contribution in [1.29, 1.82) is 0 Å². The van der Waals surface area contributed by atoms with E-state index in [0.717, 1.165) is 15.1 Å². The fourth-order valence-corrected chi connectivity index (χ4v) is 5.83. The number of aromatic nitrogens is 3. The highest BCUT2D eigenvalue weighted by Gasteiger charge is 2.29. The molecular weight excluding hydrogens is 518 g/mol. The summed E-state index contributed by atoms with van der Waals surface area (Å²) in [6.07, 6.45) is 3.80. The van der Waals surface area contributed by atoms with Crippen LogP contribution in [0.2, 0.25) is 0 Å². The van der Waals surface area contributed by atoms with Crippen molar-refractivity contribution in [2.75, 3.05) is 25.0 Å². The minimum absolute atomic E-state index is 0.0140. The standard InChI is InChI=1S/C28H29N5O5S/c1-20-9-11-23(12-10-20)39(36,37)33-15-13-24-27(33)30-17-26(31-24)29-16-25(34)22-8-5-14-32(18-22)28(35)38-19-21-6-3-2-4-7-21/h2-4,6-7,9-13,15,17,22H,5,8,14,16,18-19H2,1H3,(H,29,31). The van der Waals surface area contributed by atoms with Crippen LogP contribution >= 0.6 is 0 Å². The molecule has 0 bridgehead atoms. The van der Waals surface area contributed by atoms with Gasteiger partial charge in [0, 0.05) is 25.2 Å². The number of anilines is 1. The summed E-state index contributed by atoms with van der Waals surface area (Å²) >= 11 is 0. The number of rotatable bonds is 8. The molecule has 39 heavy (non-hydrogen) atoms. The molecule has 3 heterocycles. The van der Waals surface area contributed by atoms with E-state index < -0.39 is 16.1 Å². The number of hydrogen-bond donors (Lipinski definition) is 1. The SMILES string of the molecule is Cc1ccc(S(=O)(=O)n2ccc3nc(NCC(=O)C4CCCN(C(=O)OCc5ccccc5)C4)cnc32)cc1. The minimum atomic E-state index is -3.83. The molecule has 1 atom stereocenters. The molecule has 0 spiro atoms. The number of aryl methyl sites for hydroxylation is 1. The summed E-state index contributed by atoms with van der Waals surface area (Å²) in [5.74, 6) is 0.00111. The van der Waals surface area contributed by atoms with E-state index in [1.54, 1.807) is 35.2 Å². The van der Waals surface area contributed by atoms with Gasteiger partial charge in [0.2, 0.25) is 0 Å². The molecule has 5 rings (SSSR count). The third kappa shape index (κ3) is 5.93. The fraction of sp³-hybridized carbons (Fsp3) is 0.286. The second kappa shape index (κ2) is 11.2. The number of piperidine rings is 1. The predicted molar refractivity (Wildman–Crippen MR) is 146 cm³/mol. The Morgan fingerprint density at radius 3 is 2.62 bits per heavy atom. The maximum absolute atomic E-state index is 13.1. The van der Waals surface area contributed by atoms with Gasteiger partial charge < -0.3 is 15.0 Å². The number of fused-ring (bicyclic) bond motifs is 1. The van der Waals surface area contributed by atoms with Crippen LogP contribution in [0.25, 0.3) is 11.2 Å². The van der Waals surface area contributed by atoms with Crippen LogP contribution in [0.1, 0.15) is 24.0 Å². The molecule has 0 saturated carbocycles. The van der Waals surface area contributed by atoms with Crippen molar-refractivity contribution in [3.05, 3.63) is 84.2 Å². The van der Waals surface area contributed by atoms with Crippen molar-refractivity contribution >= 4 is 38.9 Å². The first-order valence-corrected chi connectivity index (χ1v) is 14.1. The monoisotopic (exact) mass is 547 g/mol. The van der Waals surface area contributed by atoms with Crippen molar-refractivity contribution in [2.24, 2.45) is 5.92 Å². The predicted octanol–water partition coefficient (Wildman–Crippen LogP) is 4.01. The summed E-state index contributed by atoms with van der Waals surface area (Å²) in [5, 5.41) is 2.99. The molecule has 1 fully saturated rings. The van der Waals surface area contributed by atoms with Crippen molar-refractivity contribution in [2.45, 2.75) is 31.3 Å². The Labute approximate surface area is 226 Å². The number of nitrogens with zero attached hydrogens (tertiary/aromatic N) is 4. The van der Waals surface area contributed by atoms with E-state index in [2.05, 4.69) is 15.3 Å². The Morgan fingerprint density at radius 2 is 1.85 bits per heavy atom. The van der Waals surface area contributed by atoms with Crippen LogP contribution in [0.3, 0.4) is 0 Å². The third-order valence-corrected chi connectivity index (χ3v) is 8.40. The first-order chi connectivity index (χ1) is 18.8. The maximum atomic E-state index is 13.1. The quantitative estimate of drug-likeness (QED) is 0.351. The number of hydrogen-bond acceptors (Lipinski definition) is 8. The highest BCUT2D eigenvalue weighted by Crippen LogP contribution is 2.22. The Hall–Kier alpha value is -4.25. The smallest absolute Gasteiger partial charge is 0.410 e. The number of carbonyl (C=O) groups is 2. The molecule has 202 valence electrons. The van der Waals surface area contributed by atoms with Gasteiger partial charge in [0.15, 0.2) is 11.4 Å². The van der Waals surface area contributed by atoms with Crippen LogP contribution in [-0.2, 0) is 26.2 Å². The van der Waals surface area contributed by atoms with Crippen molar-refractivity contribution in [3.8, 4) is 0 Å². The van der Waals surface area contributed by atoms with Gasteiger partial charge in [-0.15, -0.1) is 0 Å². The molecule has 1 amide bonds. The maximum Gasteiger partial charge on any atom is 0.410 e. The van der Waals surface area contributed by atoms with Gasteiger partial charge in [-0.1, -0.05) is 48.0 Å². The number of Topliss-reactive ketones (excluding diaryl/α,β-unsaturated/α-hetero) is 1. The highest BCUT2D eigenvalue weighted by molar-refractivity contribution is 7.90. The van der Waals surface area contributed by atoms with E-state index in [4.69, 9.17) is 4.74 Å². The third-order valence-electron chi connectivity index (χ3n) is 6.72. The number of ether oxygens (including phenoxy) is 1. The molecule has 11 heteroatoms. The molecule has 1 saturated heterocycles. The van der Waals surface area contributed by atoms with Crippen molar-refractivity contribution in [1.82, 2.24) is 18.8 Å². The fourth-order valence-electron chi connectivity index (χ4n) is 4.53. The van der Waals surface area contributed by atoms with Crippen LogP contribution in [0.15, 0.2) is 78.0 Å². The number of ketones is 1. The summed E-state index contributed by atoms with van der Waals surface area (Å²) in [6.45, 7) is 2.94. The van der Waals surface area contributed by atoms with Crippen molar-refractivity contribution < 1.29 is 22.7 Å². The van der Waals surface area contributed by atoms with Crippen LogP contribution in [0.5, 0.6) is 0 Å². The molecule has 1 unspecified atom stereocenters. The second-order valence-electron chi connectivity index (χ2n) is 9.54. The van der Waals surface area contributed by atoms with E-state index in [1.165, 1.54) is 12.4 Å². The minimum Gasteiger partial charge on any atom is -0.445 e. The van der Waals surface area contributed by atoms with E-state index >= 15 is 0 Å². The number of nitrogens with one attached hydrogen (secondary N) is 1. The van der Waals surface area contributed by atoms with Crippen LogP contribution < -0.4 is 5.32 Å². The lowest BCUT2D eigenvalue weighted by molar-refractivity contribution is -0.122. The van der Waals surface area contributed by atoms with E-state index in [-0.39, 0.29) is 35.4 Å². The summed E-state index contributed by atoms with van der Waals surface area (Å²) in [4.78, 5) is 35.9. The summed E-state index contributed by atoms with van der Waals surface area (Å²) in [6, 6.07) is 17.6. The molecule has 2 aromatic heterocycles. The first kappa shape index (κ1) is 26.4. The zero-order chi connectivity index (χ0) is 27.4. The number of likely N-dealkylation sites (tertiary alicyclic amines) is 1. The van der Waals surface area contributed by atoms with Gasteiger partial charge in [0.25, 0.3) is 10.0 Å². The molecule has 2 aromatic carbocycles. The lowest BCUT2D eigenvalue weighted by atomic mass is 9.94. The molecule has 0 radical (unpaired) electrons. The van der Waals surface area contributed by atoms with Gasteiger partial charge in [-0.2, -0.15) is 0 Å². The highest BCUT2D eigenvalue weighted by atomic mass is 32.2. The van der Waals surface area contributed by atoms with Crippen LogP contribution in [-0.4, -0.2) is 58.8 Å². The lowest BCUT2D eigenvalue weighted by Crippen LogP contribution is -2.43. The van der Waals surface area contributed by atoms with Crippen molar-refractivity contribution in [3.63, 3.8) is 0 Å². The average Bonchev–Trinajstić information content (AvgIpc) is 3.40. The molecule has 4 aromatic rings. The largest absolute Gasteiger partial charge is 0.445 e. The molecule has 1 aliphatic heterocycles. The summed E-state index contributed by atoms with van der Waals surface area (Å²) in [5.41, 5.74) is 2.44. The van der Waals surface area contributed by atoms with Gasteiger partial charge in [0.05, 0.1) is 17.6 Å². The van der Waals surface area contributed by atoms with Gasteiger partial charge in [0.1, 0.15) is 17.9 Å². The van der Waals surface area contributed by atoms with Gasteiger partial charge >= 0.3 is 6.09 Å². The Kier molecular flexibility index (Phi) is 7.60. The number of benzene rings is 2. The molecule has 10 nitrogen and oxygen atoms in total. The number of carbonyl (C=O) groups excluding carboxylic acids is 2. The molecule has 1 N–H and O–H groups in total. The Morgan fingerprint density at radius 1 is 1.08 bits per heavy atom. The zero-order valence-electron chi connectivity index (χ0n) is 21.5. The Balaban J connectivity index is 1.19. The topological polar surface area (TPSA) is 123 Å². The normalized spacial score (nSPS) is 15.7. The first-order valence-electron chi connectivity index (χ1n) is 12.7. The van der Waals surface area contributed by atoms with Gasteiger partial charge in [-0.3, -0.25) is 4.79 Å². The zero-order valence-corrected chi connectivity index (χ0v) is 22.3. The van der Waals surface area contributed by atoms with Crippen LogP contribution in [0.4, 0.5) is 10.6 Å². The molecule has 0 aliphatic carbocycles. The molecule has 1 aliphatic rings. The second-order valence-corrected chi connectivity index (χ2v) is 11.4. The van der Waals surface area contributed by atoms with Crippen LogP contribution in [0, 0.1) is 12.8 Å². The van der Waals surface area contributed by atoms with E-state index in [9.17, 15) is 18.0 Å².